The van der Waals surface area contributed by atoms with Crippen LogP contribution < -0.4 is 10.1 Å². The van der Waals surface area contributed by atoms with Crippen molar-refractivity contribution in [3.8, 4) is 5.75 Å². The van der Waals surface area contributed by atoms with Crippen LogP contribution in [-0.4, -0.2) is 20.2 Å². The Balaban J connectivity index is 2.43. The van der Waals surface area contributed by atoms with Crippen molar-refractivity contribution in [2.75, 3.05) is 20.2 Å². The molecule has 102 valence electrons. The largest absolute Gasteiger partial charge is 0.493 e. The van der Waals surface area contributed by atoms with Crippen LogP contribution in [0, 0.1) is 0 Å². The summed E-state index contributed by atoms with van der Waals surface area (Å²) in [6.45, 7) is 1.23. The van der Waals surface area contributed by atoms with Crippen molar-refractivity contribution >= 4 is 0 Å². The van der Waals surface area contributed by atoms with E-state index in [2.05, 4.69) is 5.32 Å². The summed E-state index contributed by atoms with van der Waals surface area (Å²) in [5.41, 5.74) is -0.708. The summed E-state index contributed by atoms with van der Waals surface area (Å²) in [7, 11) is 1.87. The molecule has 1 N–H and O–H groups in total. The van der Waals surface area contributed by atoms with Crippen molar-refractivity contribution in [3.05, 3.63) is 29.8 Å². The van der Waals surface area contributed by atoms with Crippen molar-refractivity contribution < 1.29 is 17.9 Å². The predicted molar refractivity (Wildman–Crippen MR) is 64.7 cm³/mol. The standard InChI is InChI=1S/C13H18F3NO/c1-17-9-5-2-6-10-18-12-8-4-3-7-11(12)13(14,15)16/h3-4,7-8,17H,2,5-6,9-10H2,1H3. The lowest BCUT2D eigenvalue weighted by atomic mass is 10.2. The fraction of sp³-hybridized carbons (Fsp3) is 0.538. The van der Waals surface area contributed by atoms with Crippen molar-refractivity contribution in [3.63, 3.8) is 0 Å². The van der Waals surface area contributed by atoms with E-state index >= 15 is 0 Å². The quantitative estimate of drug-likeness (QED) is 0.759. The fourth-order valence-corrected chi connectivity index (χ4v) is 1.59. The molecule has 1 aromatic carbocycles. The molecule has 0 unspecified atom stereocenters. The van der Waals surface area contributed by atoms with Gasteiger partial charge >= 0.3 is 6.18 Å². The van der Waals surface area contributed by atoms with E-state index in [0.29, 0.717) is 6.61 Å². The minimum Gasteiger partial charge on any atom is -0.493 e. The summed E-state index contributed by atoms with van der Waals surface area (Å²) in [6, 6.07) is 5.31. The second-order valence-corrected chi connectivity index (χ2v) is 4.01. The Labute approximate surface area is 105 Å². The van der Waals surface area contributed by atoms with Crippen LogP contribution in [0.2, 0.25) is 0 Å². The minimum absolute atomic E-state index is 0.0846. The first kappa shape index (κ1) is 14.8. The average Bonchev–Trinajstić information content (AvgIpc) is 2.33. The second-order valence-electron chi connectivity index (χ2n) is 4.01. The first-order valence-corrected chi connectivity index (χ1v) is 5.99. The number of halogens is 3. The highest BCUT2D eigenvalue weighted by Gasteiger charge is 2.33. The topological polar surface area (TPSA) is 21.3 Å². The Bertz CT molecular complexity index is 352. The second kappa shape index (κ2) is 7.26. The molecule has 0 aliphatic rings. The van der Waals surface area contributed by atoms with E-state index in [9.17, 15) is 13.2 Å². The number of unbranched alkanes of at least 4 members (excludes halogenated alkanes) is 2. The van der Waals surface area contributed by atoms with Gasteiger partial charge in [-0.15, -0.1) is 0 Å². The molecule has 0 aromatic heterocycles. The van der Waals surface area contributed by atoms with Gasteiger partial charge in [-0.1, -0.05) is 12.1 Å². The first-order chi connectivity index (χ1) is 8.55. The number of rotatable bonds is 7. The number of hydrogen-bond donors (Lipinski definition) is 1. The van der Waals surface area contributed by atoms with Crippen LogP contribution in [-0.2, 0) is 6.18 Å². The summed E-state index contributed by atoms with van der Waals surface area (Å²) in [5, 5.41) is 3.02. The van der Waals surface area contributed by atoms with Crippen LogP contribution in [0.1, 0.15) is 24.8 Å². The van der Waals surface area contributed by atoms with Crippen molar-refractivity contribution in [1.29, 1.82) is 0 Å². The van der Waals surface area contributed by atoms with Gasteiger partial charge in [0.1, 0.15) is 5.75 Å². The zero-order valence-corrected chi connectivity index (χ0v) is 10.4. The maximum Gasteiger partial charge on any atom is 0.419 e. The van der Waals surface area contributed by atoms with E-state index in [4.69, 9.17) is 4.74 Å². The van der Waals surface area contributed by atoms with Crippen molar-refractivity contribution in [2.45, 2.75) is 25.4 Å². The Hall–Kier alpha value is -1.23. The zero-order valence-electron chi connectivity index (χ0n) is 10.4. The molecular formula is C13H18F3NO. The predicted octanol–water partition coefficient (Wildman–Crippen LogP) is 3.47. The molecule has 0 aliphatic heterocycles. The summed E-state index contributed by atoms with van der Waals surface area (Å²) in [6.07, 6.45) is -1.66. The van der Waals surface area contributed by atoms with Crippen molar-refractivity contribution in [2.24, 2.45) is 0 Å². The zero-order chi connectivity index (χ0) is 13.4. The van der Waals surface area contributed by atoms with E-state index in [1.165, 1.54) is 12.1 Å². The molecular weight excluding hydrogens is 243 g/mol. The minimum atomic E-state index is -4.36. The van der Waals surface area contributed by atoms with E-state index in [1.807, 2.05) is 7.05 Å². The van der Waals surface area contributed by atoms with Gasteiger partial charge in [-0.05, 0) is 45.0 Å². The third-order valence-electron chi connectivity index (χ3n) is 2.52. The molecule has 0 fully saturated rings. The van der Waals surface area contributed by atoms with Gasteiger partial charge in [-0.25, -0.2) is 0 Å². The molecule has 18 heavy (non-hydrogen) atoms. The summed E-state index contributed by atoms with van der Waals surface area (Å²) in [5.74, 6) is -0.0846. The number of para-hydroxylation sites is 1. The Kier molecular flexibility index (Phi) is 5.98. The maximum atomic E-state index is 12.6. The van der Waals surface area contributed by atoms with E-state index in [0.717, 1.165) is 31.9 Å². The summed E-state index contributed by atoms with van der Waals surface area (Å²) in [4.78, 5) is 0. The number of hydrogen-bond acceptors (Lipinski definition) is 2. The van der Waals surface area contributed by atoms with Gasteiger partial charge < -0.3 is 10.1 Å². The van der Waals surface area contributed by atoms with Gasteiger partial charge in [0.05, 0.1) is 12.2 Å². The van der Waals surface area contributed by atoms with Gasteiger partial charge in [0.2, 0.25) is 0 Å². The van der Waals surface area contributed by atoms with Gasteiger partial charge in [0.15, 0.2) is 0 Å². The Morgan fingerprint density at radius 1 is 1.11 bits per heavy atom. The molecule has 1 rings (SSSR count). The molecule has 0 aliphatic carbocycles. The third kappa shape index (κ3) is 4.96. The molecule has 0 spiro atoms. The summed E-state index contributed by atoms with van der Waals surface area (Å²) >= 11 is 0. The van der Waals surface area contributed by atoms with Crippen LogP contribution in [0.4, 0.5) is 13.2 Å². The van der Waals surface area contributed by atoms with Crippen LogP contribution in [0.15, 0.2) is 24.3 Å². The smallest absolute Gasteiger partial charge is 0.419 e. The van der Waals surface area contributed by atoms with Gasteiger partial charge in [0, 0.05) is 0 Å². The molecule has 1 aromatic rings. The van der Waals surface area contributed by atoms with Gasteiger partial charge in [-0.2, -0.15) is 13.2 Å². The molecule has 5 heteroatoms. The Morgan fingerprint density at radius 3 is 2.50 bits per heavy atom. The monoisotopic (exact) mass is 261 g/mol. The van der Waals surface area contributed by atoms with Crippen LogP contribution >= 0.6 is 0 Å². The highest BCUT2D eigenvalue weighted by molar-refractivity contribution is 5.35. The normalized spacial score (nSPS) is 11.6. The molecule has 2 nitrogen and oxygen atoms in total. The lowest BCUT2D eigenvalue weighted by Gasteiger charge is -2.13. The number of ether oxygens (including phenoxy) is 1. The first-order valence-electron chi connectivity index (χ1n) is 5.99. The van der Waals surface area contributed by atoms with E-state index in [-0.39, 0.29) is 5.75 Å². The SMILES string of the molecule is CNCCCCCOc1ccccc1C(F)(F)F. The maximum absolute atomic E-state index is 12.6. The van der Waals surface area contributed by atoms with Crippen LogP contribution in [0.3, 0.4) is 0 Å². The van der Waals surface area contributed by atoms with Gasteiger partial charge in [-0.3, -0.25) is 0 Å². The highest BCUT2D eigenvalue weighted by atomic mass is 19.4. The number of nitrogens with one attached hydrogen (secondary N) is 1. The van der Waals surface area contributed by atoms with E-state index < -0.39 is 11.7 Å². The molecule has 0 heterocycles. The van der Waals surface area contributed by atoms with Gasteiger partial charge in [0.25, 0.3) is 0 Å². The number of benzene rings is 1. The molecule has 0 bridgehead atoms. The number of alkyl halides is 3. The average molecular weight is 261 g/mol. The highest BCUT2D eigenvalue weighted by Crippen LogP contribution is 2.35. The van der Waals surface area contributed by atoms with E-state index in [1.54, 1.807) is 6.07 Å². The third-order valence-corrected chi connectivity index (χ3v) is 2.52. The summed E-state index contributed by atoms with van der Waals surface area (Å²) < 4.78 is 43.1. The Morgan fingerprint density at radius 2 is 1.83 bits per heavy atom. The molecule has 0 saturated carbocycles. The molecule has 0 atom stereocenters. The molecule has 0 amide bonds. The van der Waals surface area contributed by atoms with Crippen LogP contribution in [0.5, 0.6) is 5.75 Å². The fourth-order valence-electron chi connectivity index (χ4n) is 1.59. The molecule has 0 saturated heterocycles. The van der Waals surface area contributed by atoms with Crippen molar-refractivity contribution in [1.82, 2.24) is 5.32 Å². The molecule has 0 radical (unpaired) electrons. The lowest BCUT2D eigenvalue weighted by Crippen LogP contribution is -2.10. The lowest BCUT2D eigenvalue weighted by molar-refractivity contribution is -0.138. The van der Waals surface area contributed by atoms with Crippen LogP contribution in [0.25, 0.3) is 0 Å².